The van der Waals surface area contributed by atoms with E-state index in [4.69, 9.17) is 10.5 Å². The van der Waals surface area contributed by atoms with Gasteiger partial charge in [-0.15, -0.1) is 0 Å². The number of hydrogen-bond donors (Lipinski definition) is 1. The smallest absolute Gasteiger partial charge is 0.119 e. The molecule has 0 aliphatic carbocycles. The molecule has 0 spiro atoms. The Morgan fingerprint density at radius 3 is 2.45 bits per heavy atom. The van der Waals surface area contributed by atoms with E-state index in [9.17, 15) is 0 Å². The molecule has 0 aliphatic rings. The maximum atomic E-state index is 5.60. The molecule has 0 bridgehead atoms. The Morgan fingerprint density at radius 2 is 1.64 bits per heavy atom. The summed E-state index contributed by atoms with van der Waals surface area (Å²) in [6, 6.07) is 21.5. The minimum atomic E-state index is 0.738. The molecule has 0 unspecified atom stereocenters. The van der Waals surface area contributed by atoms with E-state index in [0.717, 1.165) is 25.1 Å². The second kappa shape index (κ2) is 6.63. The summed E-state index contributed by atoms with van der Waals surface area (Å²) in [5.74, 6) is 0.893. The topological polar surface area (TPSA) is 35.2 Å². The molecular weight excluding hydrogens is 270 g/mol. The zero-order chi connectivity index (χ0) is 15.4. The Labute approximate surface area is 131 Å². The predicted octanol–water partition coefficient (Wildman–Crippen LogP) is 4.41. The van der Waals surface area contributed by atoms with Crippen molar-refractivity contribution in [2.75, 3.05) is 13.7 Å². The first-order valence-electron chi connectivity index (χ1n) is 7.67. The van der Waals surface area contributed by atoms with Crippen molar-refractivity contribution in [1.29, 1.82) is 0 Å². The molecule has 0 amide bonds. The van der Waals surface area contributed by atoms with Gasteiger partial charge in [0.25, 0.3) is 0 Å². The van der Waals surface area contributed by atoms with Crippen LogP contribution in [0.2, 0.25) is 0 Å². The van der Waals surface area contributed by atoms with Crippen LogP contribution in [0.15, 0.2) is 60.7 Å². The van der Waals surface area contributed by atoms with E-state index in [1.165, 1.54) is 27.5 Å². The number of aryl methyl sites for hydroxylation is 1. The van der Waals surface area contributed by atoms with Gasteiger partial charge in [0.2, 0.25) is 0 Å². The lowest BCUT2D eigenvalue weighted by Gasteiger charge is -2.08. The summed E-state index contributed by atoms with van der Waals surface area (Å²) in [4.78, 5) is 0. The molecule has 2 N–H and O–H groups in total. The summed E-state index contributed by atoms with van der Waals surface area (Å²) >= 11 is 0. The number of benzene rings is 3. The summed E-state index contributed by atoms with van der Waals surface area (Å²) < 4.78 is 5.28. The second-order valence-corrected chi connectivity index (χ2v) is 5.52. The number of fused-ring (bicyclic) bond motifs is 1. The molecule has 0 aliphatic heterocycles. The standard InChI is InChI=1S/C20H21NO/c1-22-20-10-9-18-13-17(7-8-19(18)14-20)16-6-2-4-15(12-16)5-3-11-21/h2,4,6-10,12-14H,3,5,11,21H2,1H3. The van der Waals surface area contributed by atoms with Crippen LogP contribution in [0.4, 0.5) is 0 Å². The van der Waals surface area contributed by atoms with Gasteiger partial charge < -0.3 is 10.5 Å². The van der Waals surface area contributed by atoms with Crippen molar-refractivity contribution < 1.29 is 4.74 Å². The molecule has 2 heteroatoms. The lowest BCUT2D eigenvalue weighted by Crippen LogP contribution is -2.00. The molecule has 0 aromatic heterocycles. The van der Waals surface area contributed by atoms with Crippen molar-refractivity contribution in [1.82, 2.24) is 0 Å². The van der Waals surface area contributed by atoms with Crippen LogP contribution in [0.25, 0.3) is 21.9 Å². The average molecular weight is 291 g/mol. The van der Waals surface area contributed by atoms with Crippen LogP contribution in [0, 0.1) is 0 Å². The molecule has 3 aromatic rings. The van der Waals surface area contributed by atoms with Crippen LogP contribution in [0.5, 0.6) is 5.75 Å². The SMILES string of the molecule is COc1ccc2cc(-c3cccc(CCCN)c3)ccc2c1. The average Bonchev–Trinajstić information content (AvgIpc) is 2.59. The Kier molecular flexibility index (Phi) is 4.40. The van der Waals surface area contributed by atoms with Crippen molar-refractivity contribution in [3.05, 3.63) is 66.2 Å². The van der Waals surface area contributed by atoms with Crippen LogP contribution in [0.3, 0.4) is 0 Å². The second-order valence-electron chi connectivity index (χ2n) is 5.52. The molecule has 0 radical (unpaired) electrons. The molecule has 0 fully saturated rings. The van der Waals surface area contributed by atoms with E-state index in [1.807, 2.05) is 6.07 Å². The Bertz CT molecular complexity index is 780. The molecule has 3 rings (SSSR count). The largest absolute Gasteiger partial charge is 0.497 e. The minimum absolute atomic E-state index is 0.738. The molecule has 22 heavy (non-hydrogen) atoms. The quantitative estimate of drug-likeness (QED) is 0.756. The van der Waals surface area contributed by atoms with Gasteiger partial charge in [-0.3, -0.25) is 0 Å². The highest BCUT2D eigenvalue weighted by Crippen LogP contribution is 2.27. The zero-order valence-electron chi connectivity index (χ0n) is 12.9. The molecule has 0 saturated heterocycles. The van der Waals surface area contributed by atoms with E-state index >= 15 is 0 Å². The highest BCUT2D eigenvalue weighted by molar-refractivity contribution is 5.88. The van der Waals surface area contributed by atoms with E-state index in [1.54, 1.807) is 7.11 Å². The molecular formula is C20H21NO. The molecule has 0 saturated carbocycles. The molecule has 112 valence electrons. The maximum absolute atomic E-state index is 5.60. The summed E-state index contributed by atoms with van der Waals surface area (Å²) in [6.07, 6.45) is 2.07. The van der Waals surface area contributed by atoms with E-state index in [2.05, 4.69) is 54.6 Å². The van der Waals surface area contributed by atoms with E-state index in [-0.39, 0.29) is 0 Å². The summed E-state index contributed by atoms with van der Waals surface area (Å²) in [7, 11) is 1.70. The van der Waals surface area contributed by atoms with Crippen LogP contribution >= 0.6 is 0 Å². The van der Waals surface area contributed by atoms with Gasteiger partial charge in [0.05, 0.1) is 7.11 Å². The predicted molar refractivity (Wildman–Crippen MR) is 93.3 cm³/mol. The molecule has 0 heterocycles. The van der Waals surface area contributed by atoms with Crippen LogP contribution < -0.4 is 10.5 Å². The number of rotatable bonds is 5. The van der Waals surface area contributed by atoms with E-state index < -0.39 is 0 Å². The monoisotopic (exact) mass is 291 g/mol. The number of nitrogens with two attached hydrogens (primary N) is 1. The van der Waals surface area contributed by atoms with Crippen molar-refractivity contribution in [2.45, 2.75) is 12.8 Å². The van der Waals surface area contributed by atoms with Gasteiger partial charge in [-0.1, -0.05) is 42.5 Å². The third-order valence-electron chi connectivity index (χ3n) is 3.98. The number of hydrogen-bond acceptors (Lipinski definition) is 2. The van der Waals surface area contributed by atoms with Crippen LogP contribution in [-0.4, -0.2) is 13.7 Å². The summed E-state index contributed by atoms with van der Waals surface area (Å²) in [5, 5.41) is 2.42. The lowest BCUT2D eigenvalue weighted by molar-refractivity contribution is 0.415. The lowest BCUT2D eigenvalue weighted by atomic mass is 9.98. The fourth-order valence-electron chi connectivity index (χ4n) is 2.74. The van der Waals surface area contributed by atoms with Crippen molar-refractivity contribution in [3.8, 4) is 16.9 Å². The molecule has 0 atom stereocenters. The first kappa shape index (κ1) is 14.6. The fourth-order valence-corrected chi connectivity index (χ4v) is 2.74. The Morgan fingerprint density at radius 1 is 0.864 bits per heavy atom. The van der Waals surface area contributed by atoms with Gasteiger partial charge in [0.1, 0.15) is 5.75 Å². The van der Waals surface area contributed by atoms with Gasteiger partial charge in [-0.2, -0.15) is 0 Å². The third-order valence-corrected chi connectivity index (χ3v) is 3.98. The van der Waals surface area contributed by atoms with E-state index in [0.29, 0.717) is 0 Å². The van der Waals surface area contributed by atoms with Gasteiger partial charge >= 0.3 is 0 Å². The minimum Gasteiger partial charge on any atom is -0.497 e. The summed E-state index contributed by atoms with van der Waals surface area (Å²) in [5.41, 5.74) is 9.45. The van der Waals surface area contributed by atoms with Crippen molar-refractivity contribution >= 4 is 10.8 Å². The third kappa shape index (κ3) is 3.12. The van der Waals surface area contributed by atoms with Crippen molar-refractivity contribution in [3.63, 3.8) is 0 Å². The molecule has 3 aromatic carbocycles. The Hall–Kier alpha value is -2.32. The van der Waals surface area contributed by atoms with Gasteiger partial charge in [-0.25, -0.2) is 0 Å². The highest BCUT2D eigenvalue weighted by atomic mass is 16.5. The first-order valence-corrected chi connectivity index (χ1v) is 7.67. The summed E-state index contributed by atoms with van der Waals surface area (Å²) in [6.45, 7) is 0.738. The first-order chi connectivity index (χ1) is 10.8. The maximum Gasteiger partial charge on any atom is 0.119 e. The fraction of sp³-hybridized carbons (Fsp3) is 0.200. The highest BCUT2D eigenvalue weighted by Gasteiger charge is 2.02. The Balaban J connectivity index is 1.96. The molecule has 2 nitrogen and oxygen atoms in total. The number of ether oxygens (including phenoxy) is 1. The van der Waals surface area contributed by atoms with Gasteiger partial charge in [-0.05, 0) is 65.0 Å². The van der Waals surface area contributed by atoms with Crippen LogP contribution in [0.1, 0.15) is 12.0 Å². The van der Waals surface area contributed by atoms with Gasteiger partial charge in [0.15, 0.2) is 0 Å². The van der Waals surface area contributed by atoms with Gasteiger partial charge in [0, 0.05) is 0 Å². The normalized spacial score (nSPS) is 10.8. The van der Waals surface area contributed by atoms with Crippen molar-refractivity contribution in [2.24, 2.45) is 5.73 Å². The zero-order valence-corrected chi connectivity index (χ0v) is 12.9. The number of methoxy groups -OCH3 is 1. The van der Waals surface area contributed by atoms with Crippen LogP contribution in [-0.2, 0) is 6.42 Å².